The lowest BCUT2D eigenvalue weighted by molar-refractivity contribution is -0.0394. The van der Waals surface area contributed by atoms with E-state index in [-0.39, 0.29) is 27.9 Å². The van der Waals surface area contributed by atoms with Gasteiger partial charge in [-0.1, -0.05) is 23.2 Å². The third-order valence-corrected chi connectivity index (χ3v) is 3.88. The highest BCUT2D eigenvalue weighted by molar-refractivity contribution is 6.35. The maximum absolute atomic E-state index is 12.2. The molecule has 116 valence electrons. The number of ether oxygens (including phenoxy) is 1. The molecule has 3 heterocycles. The van der Waals surface area contributed by atoms with Crippen molar-refractivity contribution in [2.24, 2.45) is 0 Å². The maximum atomic E-state index is 12.2. The molecule has 0 saturated carbocycles. The molecule has 6 nitrogen and oxygen atoms in total. The number of rotatable bonds is 3. The molecule has 22 heavy (non-hydrogen) atoms. The number of pyridine rings is 1. The summed E-state index contributed by atoms with van der Waals surface area (Å²) in [4.78, 5) is 16.0. The first-order valence-electron chi connectivity index (χ1n) is 6.91. The molecule has 1 fully saturated rings. The number of amides is 1. The molecule has 0 aliphatic carbocycles. The van der Waals surface area contributed by atoms with Gasteiger partial charge in [0.05, 0.1) is 28.7 Å². The first-order chi connectivity index (χ1) is 10.6. The van der Waals surface area contributed by atoms with E-state index in [4.69, 9.17) is 27.9 Å². The minimum atomic E-state index is -0.363. The quantitative estimate of drug-likeness (QED) is 0.867. The van der Waals surface area contributed by atoms with Gasteiger partial charge in [-0.15, -0.1) is 0 Å². The molecule has 0 spiro atoms. The summed E-state index contributed by atoms with van der Waals surface area (Å²) in [5.74, 6) is -0.363. The fraction of sp³-hybridized carbons (Fsp3) is 0.357. The molecule has 1 aliphatic heterocycles. The minimum Gasteiger partial charge on any atom is -0.357 e. The Hall–Kier alpha value is -1.63. The van der Waals surface area contributed by atoms with E-state index >= 15 is 0 Å². The topological polar surface area (TPSA) is 69.0 Å². The van der Waals surface area contributed by atoms with Crippen LogP contribution in [-0.4, -0.2) is 27.3 Å². The molecule has 1 unspecified atom stereocenters. The van der Waals surface area contributed by atoms with Crippen LogP contribution in [0, 0.1) is 0 Å². The van der Waals surface area contributed by atoms with Crippen LogP contribution in [0.15, 0.2) is 24.7 Å². The largest absolute Gasteiger partial charge is 0.357 e. The zero-order chi connectivity index (χ0) is 15.5. The molecule has 1 aliphatic rings. The number of hydrogen-bond acceptors (Lipinski definition) is 4. The SMILES string of the molecule is O=C(Nc1cnn(C2CCCCO2)c1)c1cc(Cl)ncc1Cl. The van der Waals surface area contributed by atoms with Gasteiger partial charge < -0.3 is 10.1 Å². The third-order valence-electron chi connectivity index (χ3n) is 3.38. The monoisotopic (exact) mass is 340 g/mol. The number of aromatic nitrogens is 3. The van der Waals surface area contributed by atoms with Gasteiger partial charge in [0.15, 0.2) is 0 Å². The van der Waals surface area contributed by atoms with Crippen LogP contribution in [0.5, 0.6) is 0 Å². The van der Waals surface area contributed by atoms with E-state index in [0.717, 1.165) is 25.9 Å². The Morgan fingerprint density at radius 2 is 2.23 bits per heavy atom. The Morgan fingerprint density at radius 1 is 1.36 bits per heavy atom. The molecule has 8 heteroatoms. The van der Waals surface area contributed by atoms with E-state index in [1.165, 1.54) is 12.3 Å². The lowest BCUT2D eigenvalue weighted by Crippen LogP contribution is -2.18. The van der Waals surface area contributed by atoms with Gasteiger partial charge in [0.2, 0.25) is 0 Å². The Bertz CT molecular complexity index is 683. The Morgan fingerprint density at radius 3 is 3.00 bits per heavy atom. The van der Waals surface area contributed by atoms with Crippen LogP contribution < -0.4 is 5.32 Å². The van der Waals surface area contributed by atoms with Crippen molar-refractivity contribution in [2.45, 2.75) is 25.5 Å². The summed E-state index contributed by atoms with van der Waals surface area (Å²) < 4.78 is 7.36. The summed E-state index contributed by atoms with van der Waals surface area (Å²) in [6.07, 6.45) is 7.69. The minimum absolute atomic E-state index is 0.0710. The molecular weight excluding hydrogens is 327 g/mol. The van der Waals surface area contributed by atoms with Gasteiger partial charge in [-0.2, -0.15) is 5.10 Å². The average molecular weight is 341 g/mol. The van der Waals surface area contributed by atoms with Crippen molar-refractivity contribution in [3.05, 3.63) is 40.4 Å². The van der Waals surface area contributed by atoms with E-state index in [2.05, 4.69) is 15.4 Å². The zero-order valence-electron chi connectivity index (χ0n) is 11.6. The van der Waals surface area contributed by atoms with Gasteiger partial charge in [0, 0.05) is 12.8 Å². The normalized spacial score (nSPS) is 18.2. The van der Waals surface area contributed by atoms with E-state index in [9.17, 15) is 4.79 Å². The molecule has 0 radical (unpaired) electrons. The second-order valence-electron chi connectivity index (χ2n) is 4.97. The van der Waals surface area contributed by atoms with E-state index < -0.39 is 0 Å². The van der Waals surface area contributed by atoms with Gasteiger partial charge in [-0.3, -0.25) is 4.79 Å². The number of nitrogens with zero attached hydrogens (tertiary/aromatic N) is 3. The lowest BCUT2D eigenvalue weighted by Gasteiger charge is -2.22. The predicted molar refractivity (Wildman–Crippen MR) is 83.3 cm³/mol. The molecule has 1 amide bonds. The third kappa shape index (κ3) is 3.40. The zero-order valence-corrected chi connectivity index (χ0v) is 13.1. The van der Waals surface area contributed by atoms with Crippen molar-refractivity contribution in [3.63, 3.8) is 0 Å². The standard InChI is InChI=1S/C14H14Cl2N4O2/c15-11-7-17-12(16)5-10(11)14(21)19-9-6-18-20(8-9)13-3-1-2-4-22-13/h5-8,13H,1-4H2,(H,19,21). The summed E-state index contributed by atoms with van der Waals surface area (Å²) in [5.41, 5.74) is 0.839. The maximum Gasteiger partial charge on any atom is 0.257 e. The first kappa shape index (κ1) is 15.3. The Balaban J connectivity index is 1.71. The highest BCUT2D eigenvalue weighted by atomic mass is 35.5. The fourth-order valence-corrected chi connectivity index (χ4v) is 2.63. The van der Waals surface area contributed by atoms with Crippen molar-refractivity contribution in [2.75, 3.05) is 11.9 Å². The van der Waals surface area contributed by atoms with Gasteiger partial charge in [-0.05, 0) is 25.3 Å². The van der Waals surface area contributed by atoms with Crippen molar-refractivity contribution in [1.29, 1.82) is 0 Å². The van der Waals surface area contributed by atoms with Crippen molar-refractivity contribution in [1.82, 2.24) is 14.8 Å². The van der Waals surface area contributed by atoms with Crippen molar-refractivity contribution < 1.29 is 9.53 Å². The second kappa shape index (κ2) is 6.64. The van der Waals surface area contributed by atoms with E-state index in [1.54, 1.807) is 17.1 Å². The van der Waals surface area contributed by atoms with Crippen LogP contribution in [0.4, 0.5) is 5.69 Å². The van der Waals surface area contributed by atoms with Crippen LogP contribution >= 0.6 is 23.2 Å². The van der Waals surface area contributed by atoms with Crippen LogP contribution in [0.1, 0.15) is 35.8 Å². The summed E-state index contributed by atoms with van der Waals surface area (Å²) in [6.45, 7) is 0.733. The summed E-state index contributed by atoms with van der Waals surface area (Å²) in [6, 6.07) is 1.42. The number of hydrogen-bond donors (Lipinski definition) is 1. The lowest BCUT2D eigenvalue weighted by atomic mass is 10.2. The molecule has 0 aromatic carbocycles. The van der Waals surface area contributed by atoms with Crippen LogP contribution in [0.25, 0.3) is 0 Å². The number of carbonyl (C=O) groups is 1. The van der Waals surface area contributed by atoms with Gasteiger partial charge in [0.1, 0.15) is 11.4 Å². The summed E-state index contributed by atoms with van der Waals surface area (Å²) >= 11 is 11.7. The smallest absolute Gasteiger partial charge is 0.257 e. The second-order valence-corrected chi connectivity index (χ2v) is 5.77. The van der Waals surface area contributed by atoms with Crippen LogP contribution in [0.3, 0.4) is 0 Å². The summed E-state index contributed by atoms with van der Waals surface area (Å²) in [5, 5.41) is 7.42. The van der Waals surface area contributed by atoms with Crippen LogP contribution in [-0.2, 0) is 4.74 Å². The number of halogens is 2. The number of nitrogens with one attached hydrogen (secondary N) is 1. The molecule has 3 rings (SSSR count). The highest BCUT2D eigenvalue weighted by Gasteiger charge is 2.18. The van der Waals surface area contributed by atoms with Gasteiger partial charge in [0.25, 0.3) is 5.91 Å². The molecule has 2 aromatic rings. The molecule has 0 bridgehead atoms. The highest BCUT2D eigenvalue weighted by Crippen LogP contribution is 2.24. The van der Waals surface area contributed by atoms with Gasteiger partial charge in [-0.25, -0.2) is 9.67 Å². The van der Waals surface area contributed by atoms with Gasteiger partial charge >= 0.3 is 0 Å². The van der Waals surface area contributed by atoms with E-state index in [1.807, 2.05) is 0 Å². The average Bonchev–Trinajstić information content (AvgIpc) is 2.99. The number of carbonyl (C=O) groups excluding carboxylic acids is 1. The number of anilines is 1. The van der Waals surface area contributed by atoms with Crippen molar-refractivity contribution in [3.8, 4) is 0 Å². The van der Waals surface area contributed by atoms with Crippen LogP contribution in [0.2, 0.25) is 10.2 Å². The summed E-state index contributed by atoms with van der Waals surface area (Å²) in [7, 11) is 0. The fourth-order valence-electron chi connectivity index (χ4n) is 2.28. The molecule has 2 aromatic heterocycles. The van der Waals surface area contributed by atoms with E-state index in [0.29, 0.717) is 5.69 Å². The molecular formula is C14H14Cl2N4O2. The van der Waals surface area contributed by atoms with Crippen molar-refractivity contribution >= 4 is 34.8 Å². The first-order valence-corrected chi connectivity index (χ1v) is 7.67. The molecule has 1 N–H and O–H groups in total. The molecule has 1 atom stereocenters. The predicted octanol–water partition coefficient (Wildman–Crippen LogP) is 3.54. The Kier molecular flexibility index (Phi) is 4.61. The Labute approximate surface area is 137 Å². The molecule has 1 saturated heterocycles.